The molecule has 2 nitrogen and oxygen atoms in total. The van der Waals surface area contributed by atoms with Crippen molar-refractivity contribution in [1.82, 2.24) is 0 Å². The first-order chi connectivity index (χ1) is 8.33. The molecule has 2 rings (SSSR count). The minimum Gasteiger partial charge on any atom is -0.497 e. The van der Waals surface area contributed by atoms with Crippen LogP contribution in [-0.2, 0) is 6.42 Å². The van der Waals surface area contributed by atoms with Gasteiger partial charge in [-0.25, -0.2) is 0 Å². The number of hydrogen-bond donors (Lipinski definition) is 1. The minimum absolute atomic E-state index is 0.238. The Hall–Kier alpha value is -0.930. The molecule has 1 aliphatic heterocycles. The van der Waals surface area contributed by atoms with Crippen molar-refractivity contribution in [2.75, 3.05) is 19.5 Å². The Kier molecular flexibility index (Phi) is 4.51. The second-order valence-corrected chi connectivity index (χ2v) is 5.26. The summed E-state index contributed by atoms with van der Waals surface area (Å²) in [5, 5.41) is 8.87. The SMILES string of the molecule is COc1ccc2c(c1)C/C(=C/CCO)CCS2. The van der Waals surface area contributed by atoms with Crippen molar-refractivity contribution in [3.8, 4) is 5.75 Å². The van der Waals surface area contributed by atoms with Crippen molar-refractivity contribution < 1.29 is 9.84 Å². The van der Waals surface area contributed by atoms with E-state index in [0.29, 0.717) is 0 Å². The first kappa shape index (κ1) is 12.5. The Morgan fingerprint density at radius 3 is 3.12 bits per heavy atom. The zero-order chi connectivity index (χ0) is 12.1. The maximum Gasteiger partial charge on any atom is 0.119 e. The van der Waals surface area contributed by atoms with Crippen molar-refractivity contribution in [1.29, 1.82) is 0 Å². The van der Waals surface area contributed by atoms with Crippen LogP contribution in [0.3, 0.4) is 0 Å². The number of rotatable bonds is 3. The van der Waals surface area contributed by atoms with Gasteiger partial charge in [0.05, 0.1) is 7.11 Å². The molecule has 0 saturated carbocycles. The van der Waals surface area contributed by atoms with Crippen LogP contribution in [-0.4, -0.2) is 24.6 Å². The van der Waals surface area contributed by atoms with Crippen LogP contribution in [0.2, 0.25) is 0 Å². The predicted molar refractivity (Wildman–Crippen MR) is 71.8 cm³/mol. The Morgan fingerprint density at radius 1 is 1.47 bits per heavy atom. The van der Waals surface area contributed by atoms with Gasteiger partial charge in [0.2, 0.25) is 0 Å². The summed E-state index contributed by atoms with van der Waals surface area (Å²) in [5.41, 5.74) is 2.77. The smallest absolute Gasteiger partial charge is 0.119 e. The van der Waals surface area contributed by atoms with E-state index in [9.17, 15) is 0 Å². The van der Waals surface area contributed by atoms with E-state index in [4.69, 9.17) is 9.84 Å². The molecule has 1 N–H and O–H groups in total. The van der Waals surface area contributed by atoms with Crippen molar-refractivity contribution in [3.05, 3.63) is 35.4 Å². The van der Waals surface area contributed by atoms with E-state index in [2.05, 4.69) is 18.2 Å². The maximum absolute atomic E-state index is 8.87. The van der Waals surface area contributed by atoms with Gasteiger partial charge in [0.1, 0.15) is 5.75 Å². The number of aliphatic hydroxyl groups excluding tert-OH is 1. The summed E-state index contributed by atoms with van der Waals surface area (Å²) in [6.45, 7) is 0.238. The van der Waals surface area contributed by atoms with Crippen molar-refractivity contribution in [2.45, 2.75) is 24.2 Å². The molecule has 1 heterocycles. The zero-order valence-corrected chi connectivity index (χ0v) is 10.9. The van der Waals surface area contributed by atoms with E-state index in [1.165, 1.54) is 16.0 Å². The molecular weight excluding hydrogens is 232 g/mol. The van der Waals surface area contributed by atoms with E-state index < -0.39 is 0 Å². The highest BCUT2D eigenvalue weighted by Gasteiger charge is 2.12. The maximum atomic E-state index is 8.87. The van der Waals surface area contributed by atoms with Crippen molar-refractivity contribution in [3.63, 3.8) is 0 Å². The summed E-state index contributed by atoms with van der Waals surface area (Å²) in [5.74, 6) is 2.05. The second kappa shape index (κ2) is 6.12. The topological polar surface area (TPSA) is 29.5 Å². The van der Waals surface area contributed by atoms with E-state index in [1.54, 1.807) is 7.11 Å². The fourth-order valence-corrected chi connectivity index (χ4v) is 3.09. The molecule has 17 heavy (non-hydrogen) atoms. The quantitative estimate of drug-likeness (QED) is 0.836. The molecule has 1 aliphatic rings. The molecule has 0 radical (unpaired) electrons. The molecule has 0 amide bonds. The van der Waals surface area contributed by atoms with Crippen molar-refractivity contribution in [2.24, 2.45) is 0 Å². The molecule has 0 aliphatic carbocycles. The summed E-state index contributed by atoms with van der Waals surface area (Å²) >= 11 is 1.91. The third kappa shape index (κ3) is 3.27. The molecule has 0 saturated heterocycles. The van der Waals surface area contributed by atoms with Gasteiger partial charge in [0.15, 0.2) is 0 Å². The molecule has 0 atom stereocenters. The molecule has 0 bridgehead atoms. The van der Waals surface area contributed by atoms with Crippen LogP contribution in [0.4, 0.5) is 0 Å². The average molecular weight is 250 g/mol. The van der Waals surface area contributed by atoms with Gasteiger partial charge < -0.3 is 9.84 Å². The lowest BCUT2D eigenvalue weighted by molar-refractivity contribution is 0.302. The Balaban J connectivity index is 2.22. The zero-order valence-electron chi connectivity index (χ0n) is 10.1. The van der Waals surface area contributed by atoms with Crippen LogP contribution >= 0.6 is 11.8 Å². The normalized spacial score (nSPS) is 17.6. The van der Waals surface area contributed by atoms with Crippen LogP contribution in [0.5, 0.6) is 5.75 Å². The largest absolute Gasteiger partial charge is 0.497 e. The lowest BCUT2D eigenvalue weighted by Gasteiger charge is -2.08. The first-order valence-corrected chi connectivity index (χ1v) is 6.90. The molecule has 0 unspecified atom stereocenters. The summed E-state index contributed by atoms with van der Waals surface area (Å²) in [6.07, 6.45) is 5.04. The summed E-state index contributed by atoms with van der Waals surface area (Å²) < 4.78 is 5.27. The molecule has 0 fully saturated rings. The molecule has 1 aromatic rings. The molecule has 92 valence electrons. The van der Waals surface area contributed by atoms with Crippen LogP contribution in [0.1, 0.15) is 18.4 Å². The molecule has 3 heteroatoms. The number of allylic oxidation sites excluding steroid dienone is 1. The average Bonchev–Trinajstić information content (AvgIpc) is 2.56. The standard InChI is InChI=1S/C14H18O2S/c1-16-13-4-5-14-12(10-13)9-11(3-2-7-15)6-8-17-14/h3-5,10,15H,2,6-9H2,1H3/b11-3+. The highest BCUT2D eigenvalue weighted by molar-refractivity contribution is 7.99. The molecule has 0 spiro atoms. The number of thioether (sulfide) groups is 1. The fourth-order valence-electron chi connectivity index (χ4n) is 2.03. The fraction of sp³-hybridized carbons (Fsp3) is 0.429. The molecule has 1 aromatic carbocycles. The van der Waals surface area contributed by atoms with Gasteiger partial charge in [0.25, 0.3) is 0 Å². The Labute approximate surface area is 107 Å². The minimum atomic E-state index is 0.238. The Morgan fingerprint density at radius 2 is 2.35 bits per heavy atom. The van der Waals surface area contributed by atoms with Crippen LogP contribution in [0, 0.1) is 0 Å². The van der Waals surface area contributed by atoms with Gasteiger partial charge in [0, 0.05) is 17.3 Å². The summed E-state index contributed by atoms with van der Waals surface area (Å²) in [4.78, 5) is 1.36. The third-order valence-corrected chi connectivity index (χ3v) is 4.05. The molecule has 0 aromatic heterocycles. The third-order valence-electron chi connectivity index (χ3n) is 2.93. The molecular formula is C14H18O2S. The van der Waals surface area contributed by atoms with Gasteiger partial charge in [-0.1, -0.05) is 11.6 Å². The summed E-state index contributed by atoms with van der Waals surface area (Å²) in [7, 11) is 1.70. The number of fused-ring (bicyclic) bond motifs is 1. The van der Waals surface area contributed by atoms with E-state index >= 15 is 0 Å². The van der Waals surface area contributed by atoms with Crippen LogP contribution < -0.4 is 4.74 Å². The number of aliphatic hydroxyl groups is 1. The summed E-state index contributed by atoms with van der Waals surface area (Å²) in [6, 6.07) is 6.29. The lowest BCUT2D eigenvalue weighted by atomic mass is 10.0. The van der Waals surface area contributed by atoms with Gasteiger partial charge in [-0.05, 0) is 43.0 Å². The van der Waals surface area contributed by atoms with E-state index in [0.717, 1.165) is 30.8 Å². The van der Waals surface area contributed by atoms with E-state index in [-0.39, 0.29) is 6.61 Å². The van der Waals surface area contributed by atoms with Gasteiger partial charge >= 0.3 is 0 Å². The second-order valence-electron chi connectivity index (χ2n) is 4.12. The monoisotopic (exact) mass is 250 g/mol. The Bertz CT molecular complexity index is 413. The van der Waals surface area contributed by atoms with Gasteiger partial charge in [-0.15, -0.1) is 11.8 Å². The number of ether oxygens (including phenoxy) is 1. The van der Waals surface area contributed by atoms with Crippen molar-refractivity contribution >= 4 is 11.8 Å². The number of benzene rings is 1. The van der Waals surface area contributed by atoms with Gasteiger partial charge in [-0.3, -0.25) is 0 Å². The highest BCUT2D eigenvalue weighted by atomic mass is 32.2. The highest BCUT2D eigenvalue weighted by Crippen LogP contribution is 2.33. The number of methoxy groups -OCH3 is 1. The van der Waals surface area contributed by atoms with Crippen LogP contribution in [0.25, 0.3) is 0 Å². The lowest BCUT2D eigenvalue weighted by Crippen LogP contribution is -1.93. The predicted octanol–water partition coefficient (Wildman–Crippen LogP) is 3.04. The first-order valence-electron chi connectivity index (χ1n) is 5.92. The van der Waals surface area contributed by atoms with Gasteiger partial charge in [-0.2, -0.15) is 0 Å². The van der Waals surface area contributed by atoms with E-state index in [1.807, 2.05) is 17.8 Å². The number of hydrogen-bond acceptors (Lipinski definition) is 3. The van der Waals surface area contributed by atoms with Crippen LogP contribution in [0.15, 0.2) is 34.7 Å².